The monoisotopic (exact) mass is 626 g/mol. The molecule has 49 heavy (non-hydrogen) atoms. The van der Waals surface area contributed by atoms with Crippen LogP contribution in [0.2, 0.25) is 0 Å². The molecule has 0 fully saturated rings. The van der Waals surface area contributed by atoms with E-state index in [0.29, 0.717) is 5.95 Å². The summed E-state index contributed by atoms with van der Waals surface area (Å²) in [6, 6.07) is 55.1. The Morgan fingerprint density at radius 3 is 1.92 bits per heavy atom. The van der Waals surface area contributed by atoms with Crippen LogP contribution in [0.3, 0.4) is 0 Å². The zero-order valence-electron chi connectivity index (χ0n) is 26.2. The fraction of sp³-hybridized carbons (Fsp3) is 0. The smallest absolute Gasteiger partial charge is 0.235 e. The number of fused-ring (bicyclic) bond motifs is 12. The van der Waals surface area contributed by atoms with E-state index in [1.54, 1.807) is 0 Å². The van der Waals surface area contributed by atoms with Gasteiger partial charge in [0.15, 0.2) is 0 Å². The summed E-state index contributed by atoms with van der Waals surface area (Å²) in [5.74, 6) is 0.620. The summed E-state index contributed by atoms with van der Waals surface area (Å²) in [5, 5.41) is 7.75. The van der Waals surface area contributed by atoms with Crippen LogP contribution in [0, 0.1) is 0 Å². The molecular formula is C44H26N4O. The Bertz CT molecular complexity index is 3100. The predicted molar refractivity (Wildman–Crippen MR) is 201 cm³/mol. The fourth-order valence-corrected chi connectivity index (χ4v) is 7.86. The molecule has 0 bridgehead atoms. The highest BCUT2D eigenvalue weighted by molar-refractivity contribution is 6.31. The minimum Gasteiger partial charge on any atom is -0.455 e. The van der Waals surface area contributed by atoms with E-state index in [1.165, 1.54) is 10.8 Å². The first-order valence-electron chi connectivity index (χ1n) is 16.5. The molecule has 0 saturated heterocycles. The minimum atomic E-state index is 0.620. The number of hydrogen-bond acceptors (Lipinski definition) is 3. The maximum absolute atomic E-state index is 6.79. The van der Waals surface area contributed by atoms with E-state index >= 15 is 0 Å². The first kappa shape index (κ1) is 26.4. The van der Waals surface area contributed by atoms with Crippen LogP contribution in [0.5, 0.6) is 0 Å². The molecule has 5 heteroatoms. The third-order valence-electron chi connectivity index (χ3n) is 9.92. The molecule has 0 amide bonds. The lowest BCUT2D eigenvalue weighted by molar-refractivity contribution is 0.673. The highest BCUT2D eigenvalue weighted by atomic mass is 16.3. The van der Waals surface area contributed by atoms with Gasteiger partial charge in [-0.05, 0) is 48.5 Å². The topological polar surface area (TPSA) is 48.8 Å². The molecule has 5 nitrogen and oxygen atoms in total. The van der Waals surface area contributed by atoms with Gasteiger partial charge in [-0.1, -0.05) is 109 Å². The van der Waals surface area contributed by atoms with Gasteiger partial charge in [0.1, 0.15) is 11.2 Å². The van der Waals surface area contributed by atoms with Crippen LogP contribution in [0.15, 0.2) is 162 Å². The molecule has 0 spiro atoms. The van der Waals surface area contributed by atoms with Crippen molar-refractivity contribution in [3.05, 3.63) is 158 Å². The Balaban J connectivity index is 1.38. The molecule has 11 aromatic rings. The molecule has 4 aromatic heterocycles. The van der Waals surface area contributed by atoms with Crippen molar-refractivity contribution in [1.82, 2.24) is 19.1 Å². The number of hydrogen-bond donors (Lipinski definition) is 0. The van der Waals surface area contributed by atoms with Crippen molar-refractivity contribution >= 4 is 76.5 Å². The molecule has 0 saturated carbocycles. The lowest BCUT2D eigenvalue weighted by Crippen LogP contribution is -2.03. The molecule has 0 N–H and O–H groups in total. The van der Waals surface area contributed by atoms with Crippen LogP contribution in [0.25, 0.3) is 99.3 Å². The van der Waals surface area contributed by atoms with Crippen molar-refractivity contribution in [3.63, 3.8) is 0 Å². The molecule has 11 rings (SSSR count). The molecule has 7 aromatic carbocycles. The first-order valence-corrected chi connectivity index (χ1v) is 16.5. The number of nitrogens with zero attached hydrogens (tertiary/aromatic N) is 4. The van der Waals surface area contributed by atoms with Crippen LogP contribution in [0.4, 0.5) is 0 Å². The van der Waals surface area contributed by atoms with Gasteiger partial charge in [0.05, 0.1) is 38.7 Å². The minimum absolute atomic E-state index is 0.620. The fourth-order valence-electron chi connectivity index (χ4n) is 7.86. The molecular weight excluding hydrogens is 601 g/mol. The van der Waals surface area contributed by atoms with Gasteiger partial charge in [0.25, 0.3) is 0 Å². The summed E-state index contributed by atoms with van der Waals surface area (Å²) < 4.78 is 11.4. The van der Waals surface area contributed by atoms with Crippen molar-refractivity contribution in [2.24, 2.45) is 0 Å². The van der Waals surface area contributed by atoms with E-state index in [2.05, 4.69) is 149 Å². The van der Waals surface area contributed by atoms with Gasteiger partial charge in [0, 0.05) is 43.6 Å². The van der Waals surface area contributed by atoms with E-state index in [0.717, 1.165) is 82.6 Å². The van der Waals surface area contributed by atoms with Gasteiger partial charge < -0.3 is 8.98 Å². The second-order valence-corrected chi connectivity index (χ2v) is 12.6. The van der Waals surface area contributed by atoms with Crippen LogP contribution < -0.4 is 0 Å². The lowest BCUT2D eigenvalue weighted by atomic mass is 10.1. The quantitative estimate of drug-likeness (QED) is 0.196. The Morgan fingerprint density at radius 1 is 0.429 bits per heavy atom. The van der Waals surface area contributed by atoms with Gasteiger partial charge in [-0.3, -0.25) is 4.57 Å². The standard InChI is InChI=1S/C44H26N4O/c1-3-13-27(14-4-1)41-33-19-7-10-20-34(33)45-44(46-41)48-36-25-23-31-29-17-8-11-21-35(29)47(28-15-5-2-6-16-28)42(31)39(36)40-37(48)26-24-32-30-18-9-12-22-38(30)49-43(32)40/h1-26H. The average Bonchev–Trinajstić information content (AvgIpc) is 3.83. The SMILES string of the molecule is c1ccc(-c2nc(-n3c4ccc5c6ccccc6oc5c4c4c3ccc3c5ccccc5n(-c5ccccc5)c34)nc3ccccc23)cc1. The summed E-state index contributed by atoms with van der Waals surface area (Å²) in [4.78, 5) is 10.6. The largest absolute Gasteiger partial charge is 0.455 e. The molecule has 4 heterocycles. The maximum atomic E-state index is 6.79. The molecule has 228 valence electrons. The molecule has 0 atom stereocenters. The van der Waals surface area contributed by atoms with Crippen molar-refractivity contribution in [2.75, 3.05) is 0 Å². The number of rotatable bonds is 3. The number of para-hydroxylation sites is 4. The highest BCUT2D eigenvalue weighted by Crippen LogP contribution is 2.45. The van der Waals surface area contributed by atoms with Crippen LogP contribution >= 0.6 is 0 Å². The molecule has 0 aliphatic carbocycles. The molecule has 0 aliphatic rings. The summed E-state index contributed by atoms with van der Waals surface area (Å²) in [7, 11) is 0. The van der Waals surface area contributed by atoms with Gasteiger partial charge in [0.2, 0.25) is 5.95 Å². The van der Waals surface area contributed by atoms with E-state index in [9.17, 15) is 0 Å². The zero-order chi connectivity index (χ0) is 32.1. The molecule has 0 aliphatic heterocycles. The zero-order valence-corrected chi connectivity index (χ0v) is 26.2. The first-order chi connectivity index (χ1) is 24.3. The maximum Gasteiger partial charge on any atom is 0.235 e. The number of furan rings is 1. The van der Waals surface area contributed by atoms with Gasteiger partial charge in [-0.15, -0.1) is 0 Å². The Morgan fingerprint density at radius 2 is 1.08 bits per heavy atom. The van der Waals surface area contributed by atoms with E-state index in [1.807, 2.05) is 18.2 Å². The van der Waals surface area contributed by atoms with E-state index < -0.39 is 0 Å². The van der Waals surface area contributed by atoms with Crippen molar-refractivity contribution in [3.8, 4) is 22.9 Å². The number of aromatic nitrogens is 4. The normalized spacial score (nSPS) is 12.1. The van der Waals surface area contributed by atoms with Gasteiger partial charge in [-0.25, -0.2) is 9.97 Å². The predicted octanol–water partition coefficient (Wildman–Crippen LogP) is 11.4. The summed E-state index contributed by atoms with van der Waals surface area (Å²) in [6.45, 7) is 0. The van der Waals surface area contributed by atoms with Crippen molar-refractivity contribution in [1.29, 1.82) is 0 Å². The number of benzene rings is 7. The Hall–Kier alpha value is -6.72. The van der Waals surface area contributed by atoms with E-state index in [4.69, 9.17) is 14.4 Å². The third-order valence-corrected chi connectivity index (χ3v) is 9.92. The average molecular weight is 627 g/mol. The second kappa shape index (κ2) is 9.89. The van der Waals surface area contributed by atoms with Crippen LogP contribution in [0.1, 0.15) is 0 Å². The summed E-state index contributed by atoms with van der Waals surface area (Å²) >= 11 is 0. The lowest BCUT2D eigenvalue weighted by Gasteiger charge is -2.12. The molecule has 0 unspecified atom stereocenters. The second-order valence-electron chi connectivity index (χ2n) is 12.6. The van der Waals surface area contributed by atoms with Gasteiger partial charge >= 0.3 is 0 Å². The van der Waals surface area contributed by atoms with Crippen molar-refractivity contribution < 1.29 is 4.42 Å². The highest BCUT2D eigenvalue weighted by Gasteiger charge is 2.25. The van der Waals surface area contributed by atoms with E-state index in [-0.39, 0.29) is 0 Å². The Labute approximate surface area is 279 Å². The van der Waals surface area contributed by atoms with Crippen LogP contribution in [-0.4, -0.2) is 19.1 Å². The molecule has 0 radical (unpaired) electrons. The van der Waals surface area contributed by atoms with Crippen LogP contribution in [-0.2, 0) is 0 Å². The van der Waals surface area contributed by atoms with Crippen molar-refractivity contribution in [2.45, 2.75) is 0 Å². The summed E-state index contributed by atoms with van der Waals surface area (Å²) in [6.07, 6.45) is 0. The Kier molecular flexibility index (Phi) is 5.32. The van der Waals surface area contributed by atoms with Gasteiger partial charge in [-0.2, -0.15) is 0 Å². The third kappa shape index (κ3) is 3.64. The summed E-state index contributed by atoms with van der Waals surface area (Å²) in [5.41, 5.74) is 9.98.